The van der Waals surface area contributed by atoms with Crippen LogP contribution in [0.25, 0.3) is 100 Å². The quantitative estimate of drug-likeness (QED) is 0.185. The van der Waals surface area contributed by atoms with Crippen molar-refractivity contribution in [1.29, 1.82) is 0 Å². The first-order valence-corrected chi connectivity index (χ1v) is 17.9. The molecule has 5 heteroatoms. The predicted octanol–water partition coefficient (Wildman–Crippen LogP) is 12.6. The fourth-order valence-electron chi connectivity index (χ4n) is 8.36. The Morgan fingerprint density at radius 1 is 0.396 bits per heavy atom. The van der Waals surface area contributed by atoms with Crippen LogP contribution < -0.4 is 0 Å². The maximum atomic E-state index is 6.30. The average Bonchev–Trinajstić information content (AvgIpc) is 3.85. The summed E-state index contributed by atoms with van der Waals surface area (Å²) < 4.78 is 12.5. The van der Waals surface area contributed by atoms with Gasteiger partial charge < -0.3 is 8.83 Å². The van der Waals surface area contributed by atoms with Crippen LogP contribution in [0.15, 0.2) is 160 Å². The molecule has 10 aromatic rings. The average molecular weight is 682 g/mol. The molecule has 0 radical (unpaired) electrons. The summed E-state index contributed by atoms with van der Waals surface area (Å²) in [6, 6.07) is 52.4. The van der Waals surface area contributed by atoms with E-state index in [-0.39, 0.29) is 5.41 Å². The van der Waals surface area contributed by atoms with Crippen LogP contribution in [0.2, 0.25) is 0 Å². The molecule has 0 spiro atoms. The van der Waals surface area contributed by atoms with Crippen LogP contribution >= 0.6 is 0 Å². The highest BCUT2D eigenvalue weighted by molar-refractivity contribution is 6.15. The first-order chi connectivity index (χ1) is 26.0. The van der Waals surface area contributed by atoms with Crippen molar-refractivity contribution < 1.29 is 8.83 Å². The molecule has 0 unspecified atom stereocenters. The lowest BCUT2D eigenvalue weighted by molar-refractivity contribution is 0.657. The SMILES string of the molecule is CC1(C)c2cc(-c3cccc(-c4nc(-c5ccccc5)nc(-c5cccc6oc7ccccc7c56)n4)c3)ccc2-c2c1ccc1oc3ccccc3c21. The fraction of sp³-hybridized carbons (Fsp3) is 0.0625. The number of furan rings is 2. The third-order valence-electron chi connectivity index (χ3n) is 10.9. The number of para-hydroxylation sites is 2. The summed E-state index contributed by atoms with van der Waals surface area (Å²) >= 11 is 0. The van der Waals surface area contributed by atoms with E-state index in [1.165, 1.54) is 27.6 Å². The molecule has 3 aromatic heterocycles. The predicted molar refractivity (Wildman–Crippen MR) is 214 cm³/mol. The number of aromatic nitrogens is 3. The lowest BCUT2D eigenvalue weighted by Gasteiger charge is -2.22. The van der Waals surface area contributed by atoms with Gasteiger partial charge in [-0.1, -0.05) is 129 Å². The number of hydrogen-bond donors (Lipinski definition) is 0. The summed E-state index contributed by atoms with van der Waals surface area (Å²) in [6.45, 7) is 4.65. The Bertz CT molecular complexity index is 3100. The Morgan fingerprint density at radius 3 is 1.77 bits per heavy atom. The summed E-state index contributed by atoms with van der Waals surface area (Å²) in [7, 11) is 0. The lowest BCUT2D eigenvalue weighted by Crippen LogP contribution is -2.14. The molecule has 1 aliphatic rings. The summed E-state index contributed by atoms with van der Waals surface area (Å²) in [5.74, 6) is 1.84. The van der Waals surface area contributed by atoms with Gasteiger partial charge in [-0.2, -0.15) is 0 Å². The number of fused-ring (bicyclic) bond motifs is 10. The largest absolute Gasteiger partial charge is 0.456 e. The van der Waals surface area contributed by atoms with Crippen molar-refractivity contribution in [2.24, 2.45) is 0 Å². The highest BCUT2D eigenvalue weighted by Gasteiger charge is 2.37. The van der Waals surface area contributed by atoms with E-state index < -0.39 is 0 Å². The Kier molecular flexibility index (Phi) is 6.23. The molecule has 250 valence electrons. The van der Waals surface area contributed by atoms with Gasteiger partial charge in [-0.05, 0) is 69.8 Å². The van der Waals surface area contributed by atoms with Gasteiger partial charge in [-0.15, -0.1) is 0 Å². The van der Waals surface area contributed by atoms with Gasteiger partial charge >= 0.3 is 0 Å². The normalized spacial score (nSPS) is 13.2. The lowest BCUT2D eigenvalue weighted by atomic mass is 9.81. The van der Waals surface area contributed by atoms with Crippen LogP contribution in [-0.2, 0) is 5.41 Å². The molecule has 11 rings (SSSR count). The van der Waals surface area contributed by atoms with Crippen LogP contribution in [0, 0.1) is 0 Å². The Balaban J connectivity index is 1.06. The highest BCUT2D eigenvalue weighted by atomic mass is 16.3. The van der Waals surface area contributed by atoms with Crippen molar-refractivity contribution >= 4 is 43.9 Å². The van der Waals surface area contributed by atoms with Gasteiger partial charge in [0.05, 0.1) is 0 Å². The first kappa shape index (κ1) is 29.8. The minimum atomic E-state index is -0.184. The van der Waals surface area contributed by atoms with E-state index in [1.807, 2.05) is 66.7 Å². The molecule has 0 saturated carbocycles. The van der Waals surface area contributed by atoms with E-state index in [0.717, 1.165) is 66.3 Å². The van der Waals surface area contributed by atoms with E-state index in [9.17, 15) is 0 Å². The van der Waals surface area contributed by atoms with Gasteiger partial charge in [-0.25, -0.2) is 15.0 Å². The number of rotatable bonds is 4. The number of benzene rings is 7. The van der Waals surface area contributed by atoms with E-state index in [2.05, 4.69) is 98.8 Å². The molecule has 3 heterocycles. The summed E-state index contributed by atoms with van der Waals surface area (Å²) in [6.07, 6.45) is 0. The van der Waals surface area contributed by atoms with Crippen molar-refractivity contribution in [3.05, 3.63) is 163 Å². The van der Waals surface area contributed by atoms with Crippen LogP contribution in [0.5, 0.6) is 0 Å². The second-order valence-corrected chi connectivity index (χ2v) is 14.4. The van der Waals surface area contributed by atoms with Gasteiger partial charge in [0.1, 0.15) is 22.3 Å². The molecule has 0 aliphatic heterocycles. The highest BCUT2D eigenvalue weighted by Crippen LogP contribution is 2.53. The molecule has 53 heavy (non-hydrogen) atoms. The smallest absolute Gasteiger partial charge is 0.164 e. The van der Waals surface area contributed by atoms with Crippen molar-refractivity contribution in [2.45, 2.75) is 19.3 Å². The van der Waals surface area contributed by atoms with Crippen LogP contribution in [0.3, 0.4) is 0 Å². The molecule has 1 aliphatic carbocycles. The van der Waals surface area contributed by atoms with Crippen molar-refractivity contribution in [3.8, 4) is 56.4 Å². The molecular weight excluding hydrogens is 651 g/mol. The molecule has 0 N–H and O–H groups in total. The van der Waals surface area contributed by atoms with E-state index in [1.54, 1.807) is 0 Å². The topological polar surface area (TPSA) is 65.0 Å². The first-order valence-electron chi connectivity index (χ1n) is 17.9. The summed E-state index contributed by atoms with van der Waals surface area (Å²) in [5, 5.41) is 4.38. The molecule has 5 nitrogen and oxygen atoms in total. The van der Waals surface area contributed by atoms with Crippen molar-refractivity contribution in [1.82, 2.24) is 15.0 Å². The zero-order chi connectivity index (χ0) is 35.3. The minimum Gasteiger partial charge on any atom is -0.456 e. The van der Waals surface area contributed by atoms with Crippen LogP contribution in [0.1, 0.15) is 25.0 Å². The zero-order valence-corrected chi connectivity index (χ0v) is 29.1. The molecule has 7 aromatic carbocycles. The molecule has 0 saturated heterocycles. The van der Waals surface area contributed by atoms with Gasteiger partial charge in [0.15, 0.2) is 17.5 Å². The molecule has 0 fully saturated rings. The second kappa shape index (κ2) is 11.1. The van der Waals surface area contributed by atoms with Crippen LogP contribution in [-0.4, -0.2) is 15.0 Å². The maximum absolute atomic E-state index is 6.30. The van der Waals surface area contributed by atoms with Crippen LogP contribution in [0.4, 0.5) is 0 Å². The third kappa shape index (κ3) is 4.47. The molecular formula is C48H31N3O2. The zero-order valence-electron chi connectivity index (χ0n) is 29.1. The third-order valence-corrected chi connectivity index (χ3v) is 10.9. The van der Waals surface area contributed by atoms with Crippen molar-refractivity contribution in [2.75, 3.05) is 0 Å². The number of hydrogen-bond acceptors (Lipinski definition) is 5. The van der Waals surface area contributed by atoms with E-state index >= 15 is 0 Å². The summed E-state index contributed by atoms with van der Waals surface area (Å²) in [4.78, 5) is 15.3. The second-order valence-electron chi connectivity index (χ2n) is 14.4. The van der Waals surface area contributed by atoms with Gasteiger partial charge in [0.25, 0.3) is 0 Å². The van der Waals surface area contributed by atoms with Gasteiger partial charge in [-0.3, -0.25) is 0 Å². The standard InChI is InChI=1S/C48H31N3O2/c1-48(2)36-24-25-41-44(34-17-7-9-20-39(34)53-41)43(36)32-23-22-30(27-37(32)48)29-14-10-15-31(26-29)46-49-45(28-12-4-3-5-13-28)50-47(51-46)35-18-11-21-40-42(35)33-16-6-8-19-38(33)52-40/h3-27H,1-2H3. The Hall–Kier alpha value is -6.85. The molecule has 0 amide bonds. The van der Waals surface area contributed by atoms with Gasteiger partial charge in [0.2, 0.25) is 0 Å². The monoisotopic (exact) mass is 681 g/mol. The van der Waals surface area contributed by atoms with E-state index in [0.29, 0.717) is 17.5 Å². The number of nitrogens with zero attached hydrogens (tertiary/aromatic N) is 3. The van der Waals surface area contributed by atoms with Gasteiger partial charge in [0, 0.05) is 43.7 Å². The molecule has 0 bridgehead atoms. The fourth-order valence-corrected chi connectivity index (χ4v) is 8.36. The van der Waals surface area contributed by atoms with E-state index in [4.69, 9.17) is 23.8 Å². The maximum Gasteiger partial charge on any atom is 0.164 e. The minimum absolute atomic E-state index is 0.184. The Labute approximate surface area is 305 Å². The Morgan fingerprint density at radius 2 is 0.981 bits per heavy atom. The molecule has 0 atom stereocenters. The summed E-state index contributed by atoms with van der Waals surface area (Å²) in [5.41, 5.74) is 13.5. The van der Waals surface area contributed by atoms with Crippen molar-refractivity contribution in [3.63, 3.8) is 0 Å².